The Morgan fingerprint density at radius 2 is 1.56 bits per heavy atom. The van der Waals surface area contributed by atoms with Crippen LogP contribution in [0.5, 0.6) is 5.75 Å². The molecule has 4 aromatic carbocycles. The van der Waals surface area contributed by atoms with Crippen molar-refractivity contribution in [3.05, 3.63) is 131 Å². The lowest BCUT2D eigenvalue weighted by Crippen LogP contribution is -2.35. The minimum absolute atomic E-state index is 0.105. The molecule has 2 aromatic heterocycles. The number of tetrazole rings is 1. The number of aromatic nitrogens is 5. The highest BCUT2D eigenvalue weighted by atomic mass is 35.5. The van der Waals surface area contributed by atoms with E-state index in [1.807, 2.05) is 84.9 Å². The molecule has 0 radical (unpaired) electrons. The first-order chi connectivity index (χ1) is 23.1. The molecule has 2 heterocycles. The van der Waals surface area contributed by atoms with Gasteiger partial charge in [0.1, 0.15) is 5.75 Å². The predicted octanol–water partition coefficient (Wildman–Crippen LogP) is 6.76. The molecular formula is C34H30ClF3N6O3S. The number of aromatic amines is 1. The number of hydrogen-bond acceptors (Lipinski definition) is 6. The van der Waals surface area contributed by atoms with Gasteiger partial charge in [-0.05, 0) is 64.4 Å². The molecule has 0 spiro atoms. The van der Waals surface area contributed by atoms with Crippen molar-refractivity contribution in [2.24, 2.45) is 0 Å². The summed E-state index contributed by atoms with van der Waals surface area (Å²) in [4.78, 5) is 0. The van der Waals surface area contributed by atoms with E-state index in [9.17, 15) is 21.6 Å². The van der Waals surface area contributed by atoms with Gasteiger partial charge in [-0.15, -0.1) is 10.2 Å². The minimum Gasteiger partial charge on any atom is -0.493 e. The number of rotatable bonds is 13. The Kier molecular flexibility index (Phi) is 9.81. The summed E-state index contributed by atoms with van der Waals surface area (Å²) < 4.78 is 74.1. The third-order valence-corrected chi connectivity index (χ3v) is 9.37. The van der Waals surface area contributed by atoms with Crippen LogP contribution in [0.1, 0.15) is 28.4 Å². The SMILES string of the molecule is O=S(=O)(CC(F)(F)F)NCCc1c(CCOc2ccc(-c3nn[nH]n3)cc2)c2cc(Cl)ccc2n1C(c1ccccc1)c1ccccc1. The highest BCUT2D eigenvalue weighted by Gasteiger charge is 2.35. The van der Waals surface area contributed by atoms with Crippen molar-refractivity contribution in [3.63, 3.8) is 0 Å². The van der Waals surface area contributed by atoms with Crippen molar-refractivity contribution in [3.8, 4) is 17.1 Å². The summed E-state index contributed by atoms with van der Waals surface area (Å²) in [6, 6.07) is 32.1. The van der Waals surface area contributed by atoms with E-state index in [4.69, 9.17) is 16.3 Å². The number of sulfonamides is 1. The predicted molar refractivity (Wildman–Crippen MR) is 177 cm³/mol. The maximum Gasteiger partial charge on any atom is 0.404 e. The standard InChI is InChI=1S/C34H30ClF3N6O3S/c35-26-13-16-30-29(21-26)28(18-20-47-27-14-11-25(12-15-27)33-40-42-43-41-33)31(17-19-39-48(45,46)22-34(36,37)38)44(30)32(23-7-3-1-4-8-23)24-9-5-2-6-10-24/h1-16,21,32,39H,17-20,22H2,(H,40,41,42,43). The van der Waals surface area contributed by atoms with Gasteiger partial charge in [-0.1, -0.05) is 72.3 Å². The fourth-order valence-corrected chi connectivity index (χ4v) is 6.98. The normalized spacial score (nSPS) is 12.2. The first-order valence-electron chi connectivity index (χ1n) is 15.0. The number of benzene rings is 4. The maximum absolute atomic E-state index is 13.0. The Bertz CT molecular complexity index is 2040. The van der Waals surface area contributed by atoms with Crippen molar-refractivity contribution in [2.45, 2.75) is 25.1 Å². The average molecular weight is 695 g/mol. The summed E-state index contributed by atoms with van der Waals surface area (Å²) in [7, 11) is -4.61. The van der Waals surface area contributed by atoms with Gasteiger partial charge in [0.2, 0.25) is 15.8 Å². The molecule has 248 valence electrons. The largest absolute Gasteiger partial charge is 0.493 e. The van der Waals surface area contributed by atoms with Crippen molar-refractivity contribution in [1.82, 2.24) is 29.9 Å². The Morgan fingerprint density at radius 3 is 2.17 bits per heavy atom. The van der Waals surface area contributed by atoms with Gasteiger partial charge in [-0.3, -0.25) is 0 Å². The summed E-state index contributed by atoms with van der Waals surface area (Å²) in [5.74, 6) is -0.897. The van der Waals surface area contributed by atoms with Crippen LogP contribution >= 0.6 is 11.6 Å². The topological polar surface area (TPSA) is 115 Å². The molecule has 6 aromatic rings. The molecule has 0 unspecified atom stereocenters. The van der Waals surface area contributed by atoms with Gasteiger partial charge in [0, 0.05) is 46.6 Å². The Balaban J connectivity index is 1.40. The van der Waals surface area contributed by atoms with Gasteiger partial charge in [0.25, 0.3) is 0 Å². The van der Waals surface area contributed by atoms with E-state index in [0.717, 1.165) is 38.9 Å². The highest BCUT2D eigenvalue weighted by molar-refractivity contribution is 7.89. The van der Waals surface area contributed by atoms with Crippen LogP contribution in [-0.2, 0) is 22.9 Å². The first-order valence-corrected chi connectivity index (χ1v) is 17.0. The molecular weight excluding hydrogens is 665 g/mol. The van der Waals surface area contributed by atoms with E-state index in [0.29, 0.717) is 23.0 Å². The van der Waals surface area contributed by atoms with E-state index in [1.165, 1.54) is 0 Å². The molecule has 14 heteroatoms. The van der Waals surface area contributed by atoms with Crippen molar-refractivity contribution in [2.75, 3.05) is 18.9 Å². The van der Waals surface area contributed by atoms with E-state index >= 15 is 0 Å². The van der Waals surface area contributed by atoms with Gasteiger partial charge in [-0.25, -0.2) is 13.1 Å². The number of hydrogen-bond donors (Lipinski definition) is 2. The molecule has 48 heavy (non-hydrogen) atoms. The van der Waals surface area contributed by atoms with Crippen LogP contribution in [0.25, 0.3) is 22.3 Å². The lowest BCUT2D eigenvalue weighted by Gasteiger charge is -2.25. The molecule has 0 aliphatic rings. The van der Waals surface area contributed by atoms with E-state index in [2.05, 4.69) is 29.9 Å². The molecule has 0 aliphatic carbocycles. The summed E-state index contributed by atoms with van der Waals surface area (Å²) in [6.07, 6.45) is -4.36. The van der Waals surface area contributed by atoms with Gasteiger partial charge in [0.05, 0.1) is 12.6 Å². The van der Waals surface area contributed by atoms with Crippen LogP contribution < -0.4 is 9.46 Å². The smallest absolute Gasteiger partial charge is 0.404 e. The van der Waals surface area contributed by atoms with Crippen LogP contribution in [0.4, 0.5) is 13.2 Å². The Morgan fingerprint density at radius 1 is 0.896 bits per heavy atom. The number of nitrogens with zero attached hydrogens (tertiary/aromatic N) is 4. The van der Waals surface area contributed by atoms with Crippen molar-refractivity contribution in [1.29, 1.82) is 0 Å². The average Bonchev–Trinajstić information content (AvgIpc) is 3.69. The van der Waals surface area contributed by atoms with Crippen LogP contribution in [0.2, 0.25) is 5.02 Å². The van der Waals surface area contributed by atoms with Gasteiger partial charge in [-0.2, -0.15) is 18.4 Å². The summed E-state index contributed by atoms with van der Waals surface area (Å²) in [5.41, 5.74) is 5.14. The van der Waals surface area contributed by atoms with E-state index in [-0.39, 0.29) is 25.6 Å². The molecule has 2 N–H and O–H groups in total. The molecule has 0 bridgehead atoms. The maximum atomic E-state index is 13.0. The second kappa shape index (κ2) is 14.2. The Hall–Kier alpha value is -4.72. The monoisotopic (exact) mass is 694 g/mol. The van der Waals surface area contributed by atoms with Crippen LogP contribution in [0.15, 0.2) is 103 Å². The van der Waals surface area contributed by atoms with Gasteiger partial charge >= 0.3 is 6.18 Å². The quantitative estimate of drug-likeness (QED) is 0.138. The minimum atomic E-state index is -4.87. The lowest BCUT2D eigenvalue weighted by molar-refractivity contribution is -0.106. The Labute approximate surface area is 279 Å². The van der Waals surface area contributed by atoms with E-state index in [1.54, 1.807) is 18.2 Å². The molecule has 0 aliphatic heterocycles. The number of H-pyrrole nitrogens is 1. The second-order valence-electron chi connectivity index (χ2n) is 11.1. The number of nitrogens with one attached hydrogen (secondary N) is 2. The lowest BCUT2D eigenvalue weighted by atomic mass is 9.97. The van der Waals surface area contributed by atoms with Crippen molar-refractivity contribution >= 4 is 32.5 Å². The molecule has 9 nitrogen and oxygen atoms in total. The molecule has 0 fully saturated rings. The molecule has 0 saturated heterocycles. The summed E-state index contributed by atoms with van der Waals surface area (Å²) >= 11 is 6.52. The molecule has 0 saturated carbocycles. The van der Waals surface area contributed by atoms with E-state index < -0.39 is 22.0 Å². The van der Waals surface area contributed by atoms with Gasteiger partial charge in [0.15, 0.2) is 5.75 Å². The second-order valence-corrected chi connectivity index (χ2v) is 13.3. The molecule has 6 rings (SSSR count). The zero-order chi connectivity index (χ0) is 33.7. The third-order valence-electron chi connectivity index (χ3n) is 7.79. The summed E-state index contributed by atoms with van der Waals surface area (Å²) in [6.45, 7) is 0.00545. The molecule has 0 atom stereocenters. The molecule has 0 amide bonds. The highest BCUT2D eigenvalue weighted by Crippen LogP contribution is 2.38. The van der Waals surface area contributed by atoms with Crippen LogP contribution in [0, 0.1) is 0 Å². The number of fused-ring (bicyclic) bond motifs is 1. The number of alkyl halides is 3. The third kappa shape index (κ3) is 7.87. The van der Waals surface area contributed by atoms with Gasteiger partial charge < -0.3 is 9.30 Å². The zero-order valence-electron chi connectivity index (χ0n) is 25.4. The van der Waals surface area contributed by atoms with Crippen molar-refractivity contribution < 1.29 is 26.3 Å². The summed E-state index contributed by atoms with van der Waals surface area (Å²) in [5, 5.41) is 15.3. The van der Waals surface area contributed by atoms with Crippen LogP contribution in [0.3, 0.4) is 0 Å². The fraction of sp³-hybridized carbons (Fsp3) is 0.206. The fourth-order valence-electron chi connectivity index (χ4n) is 5.86. The zero-order valence-corrected chi connectivity index (χ0v) is 26.9. The number of halogens is 4. The first kappa shape index (κ1) is 33.2. The number of ether oxygens (including phenoxy) is 1. The van der Waals surface area contributed by atoms with Crippen LogP contribution in [-0.4, -0.2) is 58.7 Å².